The number of aromatic nitrogens is 5. The van der Waals surface area contributed by atoms with Crippen molar-refractivity contribution in [2.24, 2.45) is 0 Å². The topological polar surface area (TPSA) is 56.0 Å². The molecule has 0 radical (unpaired) electrons. The van der Waals surface area contributed by atoms with Crippen molar-refractivity contribution in [3.8, 4) is 0 Å². The van der Waals surface area contributed by atoms with Gasteiger partial charge in [0.15, 0.2) is 5.65 Å². The maximum Gasteiger partial charge on any atom is 0.389 e. The molecule has 0 amide bonds. The molecule has 5 nitrogen and oxygen atoms in total. The molecule has 0 N–H and O–H groups in total. The predicted molar refractivity (Wildman–Crippen MR) is 94.1 cm³/mol. The Bertz CT molecular complexity index is 1020. The van der Waals surface area contributed by atoms with Crippen LogP contribution in [0.1, 0.15) is 47.7 Å². The van der Waals surface area contributed by atoms with Crippen LogP contribution in [0.2, 0.25) is 0 Å². The summed E-state index contributed by atoms with van der Waals surface area (Å²) >= 11 is 0. The summed E-state index contributed by atoms with van der Waals surface area (Å²) in [4.78, 5) is 13.0. The van der Waals surface area contributed by atoms with Gasteiger partial charge in [-0.15, -0.1) is 0 Å². The van der Waals surface area contributed by atoms with E-state index in [0.29, 0.717) is 6.42 Å². The van der Waals surface area contributed by atoms with Gasteiger partial charge in [-0.25, -0.2) is 19.5 Å². The number of imidazole rings is 1. The normalized spacial score (nSPS) is 14.7. The zero-order valence-electron chi connectivity index (χ0n) is 14.8. The largest absolute Gasteiger partial charge is 0.389 e. The second kappa shape index (κ2) is 6.75. The Labute approximate surface area is 154 Å². The maximum atomic E-state index is 12.5. The van der Waals surface area contributed by atoms with Crippen LogP contribution >= 0.6 is 0 Å². The van der Waals surface area contributed by atoms with Crippen LogP contribution in [0.3, 0.4) is 0 Å². The maximum absolute atomic E-state index is 12.5. The molecule has 0 aliphatic heterocycles. The Morgan fingerprint density at radius 1 is 1.19 bits per heavy atom. The summed E-state index contributed by atoms with van der Waals surface area (Å²) in [7, 11) is 0. The molecule has 0 unspecified atom stereocenters. The lowest BCUT2D eigenvalue weighted by atomic mass is 10.0. The second-order valence-electron chi connectivity index (χ2n) is 6.68. The van der Waals surface area contributed by atoms with Gasteiger partial charge in [0, 0.05) is 23.8 Å². The van der Waals surface area contributed by atoms with E-state index in [1.165, 1.54) is 0 Å². The number of halogens is 3. The highest BCUT2D eigenvalue weighted by atomic mass is 19.4. The van der Waals surface area contributed by atoms with Gasteiger partial charge < -0.3 is 0 Å². The van der Waals surface area contributed by atoms with Gasteiger partial charge in [0.25, 0.3) is 0 Å². The third-order valence-corrected chi connectivity index (χ3v) is 4.52. The van der Waals surface area contributed by atoms with Gasteiger partial charge in [-0.2, -0.15) is 18.3 Å². The van der Waals surface area contributed by atoms with Crippen molar-refractivity contribution in [3.63, 3.8) is 0 Å². The van der Waals surface area contributed by atoms with Gasteiger partial charge in [-0.3, -0.25) is 0 Å². The second-order valence-corrected chi connectivity index (χ2v) is 6.68. The van der Waals surface area contributed by atoms with Crippen LogP contribution in [0.4, 0.5) is 13.2 Å². The summed E-state index contributed by atoms with van der Waals surface area (Å²) in [6.07, 6.45) is 2.73. The minimum Gasteiger partial charge on any atom is -0.241 e. The molecular weight excluding hydrogens is 355 g/mol. The van der Waals surface area contributed by atoms with Crippen molar-refractivity contribution < 1.29 is 13.2 Å². The fourth-order valence-corrected chi connectivity index (χ4v) is 3.26. The minimum absolute atomic E-state index is 0.200. The number of nitrogens with zero attached hydrogens (tertiary/aromatic N) is 5. The summed E-state index contributed by atoms with van der Waals surface area (Å²) in [6, 6.07) is 3.81. The van der Waals surface area contributed by atoms with Crippen LogP contribution in [0, 0.1) is 6.92 Å². The Balaban J connectivity index is 1.69. The Morgan fingerprint density at radius 2 is 2.04 bits per heavy atom. The summed E-state index contributed by atoms with van der Waals surface area (Å²) in [5.41, 5.74) is 4.96. The number of hydrogen-bond acceptors (Lipinski definition) is 4. The molecule has 8 heteroatoms. The average molecular weight is 373 g/mol. The quantitative estimate of drug-likeness (QED) is 0.694. The van der Waals surface area contributed by atoms with Crippen LogP contribution < -0.4 is 0 Å². The van der Waals surface area contributed by atoms with Crippen molar-refractivity contribution in [1.29, 1.82) is 0 Å². The molecule has 3 aromatic heterocycles. The van der Waals surface area contributed by atoms with Crippen molar-refractivity contribution >= 4 is 11.2 Å². The number of aryl methyl sites for hydroxylation is 3. The lowest BCUT2D eigenvalue weighted by Crippen LogP contribution is -2.11. The zero-order chi connectivity index (χ0) is 19.0. The van der Waals surface area contributed by atoms with Crippen molar-refractivity contribution in [3.05, 3.63) is 59.1 Å². The van der Waals surface area contributed by atoms with E-state index in [1.54, 1.807) is 10.7 Å². The van der Waals surface area contributed by atoms with E-state index < -0.39 is 12.6 Å². The smallest absolute Gasteiger partial charge is 0.241 e. The summed E-state index contributed by atoms with van der Waals surface area (Å²) < 4.78 is 39.2. The molecule has 0 saturated carbocycles. The van der Waals surface area contributed by atoms with Gasteiger partial charge in [-0.1, -0.05) is 6.08 Å². The molecule has 1 aliphatic rings. The van der Waals surface area contributed by atoms with E-state index in [-0.39, 0.29) is 12.2 Å². The summed E-state index contributed by atoms with van der Waals surface area (Å²) in [5.74, 6) is 0.237. The molecule has 4 rings (SSSR count). The number of alkyl halides is 3. The molecule has 0 spiro atoms. The van der Waals surface area contributed by atoms with Gasteiger partial charge >= 0.3 is 6.18 Å². The number of rotatable bonds is 3. The van der Waals surface area contributed by atoms with E-state index in [1.807, 2.05) is 25.3 Å². The predicted octanol–water partition coefficient (Wildman–Crippen LogP) is 4.09. The zero-order valence-corrected chi connectivity index (χ0v) is 14.8. The van der Waals surface area contributed by atoms with E-state index in [2.05, 4.69) is 26.1 Å². The molecule has 3 aromatic rings. The molecule has 140 valence electrons. The van der Waals surface area contributed by atoms with Crippen LogP contribution in [0.5, 0.6) is 0 Å². The first-order valence-electron chi connectivity index (χ1n) is 8.84. The summed E-state index contributed by atoms with van der Waals surface area (Å²) in [6.45, 7) is 1.91. The lowest BCUT2D eigenvalue weighted by molar-refractivity contribution is -0.134. The third kappa shape index (κ3) is 3.84. The monoisotopic (exact) mass is 373 g/mol. The minimum atomic E-state index is -4.20. The highest BCUT2D eigenvalue weighted by Gasteiger charge is 2.27. The fourth-order valence-electron chi connectivity index (χ4n) is 3.26. The van der Waals surface area contributed by atoms with Crippen molar-refractivity contribution in [2.45, 2.75) is 45.2 Å². The Morgan fingerprint density at radius 3 is 2.85 bits per heavy atom. The first kappa shape index (κ1) is 17.6. The number of allylic oxidation sites excluding steroid dienone is 1. The highest BCUT2D eigenvalue weighted by Crippen LogP contribution is 2.29. The molecule has 1 aliphatic carbocycles. The van der Waals surface area contributed by atoms with Crippen LogP contribution in [0.15, 0.2) is 30.6 Å². The van der Waals surface area contributed by atoms with Gasteiger partial charge in [0.1, 0.15) is 5.82 Å². The SMILES string of the molecule is Cc1cn2nc(C3=CCCCc4nc(CCC(F)(F)F)ncc43)ccc2n1. The highest BCUT2D eigenvalue weighted by molar-refractivity contribution is 5.79. The van der Waals surface area contributed by atoms with E-state index in [9.17, 15) is 13.2 Å². The molecule has 3 heterocycles. The number of hydrogen-bond donors (Lipinski definition) is 0. The Kier molecular flexibility index (Phi) is 4.41. The molecule has 0 atom stereocenters. The Hall–Kier alpha value is -2.77. The fraction of sp³-hybridized carbons (Fsp3) is 0.368. The average Bonchev–Trinajstić information content (AvgIpc) is 2.86. The third-order valence-electron chi connectivity index (χ3n) is 4.52. The summed E-state index contributed by atoms with van der Waals surface area (Å²) in [5, 5.41) is 4.63. The van der Waals surface area contributed by atoms with Crippen LogP contribution in [0.25, 0.3) is 11.2 Å². The molecule has 0 bridgehead atoms. The van der Waals surface area contributed by atoms with E-state index >= 15 is 0 Å². The van der Waals surface area contributed by atoms with Crippen molar-refractivity contribution in [1.82, 2.24) is 24.6 Å². The van der Waals surface area contributed by atoms with Gasteiger partial charge in [-0.05, 0) is 38.3 Å². The van der Waals surface area contributed by atoms with Crippen LogP contribution in [-0.4, -0.2) is 30.7 Å². The first-order chi connectivity index (χ1) is 12.9. The van der Waals surface area contributed by atoms with Crippen molar-refractivity contribution in [2.75, 3.05) is 0 Å². The molecular formula is C19H18F3N5. The van der Waals surface area contributed by atoms with Gasteiger partial charge in [0.05, 0.1) is 29.7 Å². The van der Waals surface area contributed by atoms with E-state index in [0.717, 1.165) is 46.7 Å². The van der Waals surface area contributed by atoms with Crippen LogP contribution in [-0.2, 0) is 12.8 Å². The van der Waals surface area contributed by atoms with Gasteiger partial charge in [0.2, 0.25) is 0 Å². The lowest BCUT2D eigenvalue weighted by Gasteiger charge is -2.12. The first-order valence-corrected chi connectivity index (χ1v) is 8.84. The molecule has 0 fully saturated rings. The molecule has 27 heavy (non-hydrogen) atoms. The standard InChI is InChI=1S/C19H18F3N5/c1-12-11-27-18(24-12)7-6-16(26-27)13-4-2-3-5-15-14(13)10-23-17(25-15)8-9-19(20,21)22/h4,6-7,10-11H,2-3,5,8-9H2,1H3. The number of fused-ring (bicyclic) bond motifs is 2. The molecule has 0 aromatic carbocycles. The molecule has 0 saturated heterocycles. The van der Waals surface area contributed by atoms with E-state index in [4.69, 9.17) is 0 Å².